The average Bonchev–Trinajstić information content (AvgIpc) is 3.28. The van der Waals surface area contributed by atoms with Gasteiger partial charge in [-0.25, -0.2) is 12.7 Å². The van der Waals surface area contributed by atoms with Crippen LogP contribution in [0.15, 0.2) is 18.2 Å². The molecular weight excluding hydrogens is 343 g/mol. The summed E-state index contributed by atoms with van der Waals surface area (Å²) >= 11 is 12.1. The maximum atomic E-state index is 12.3. The molecular formula is C15H20Cl2N2O2S. The van der Waals surface area contributed by atoms with E-state index < -0.39 is 10.0 Å². The van der Waals surface area contributed by atoms with Gasteiger partial charge < -0.3 is 0 Å². The van der Waals surface area contributed by atoms with Gasteiger partial charge in [-0.1, -0.05) is 29.3 Å². The molecule has 2 aliphatic rings. The van der Waals surface area contributed by atoms with Crippen molar-refractivity contribution >= 4 is 33.2 Å². The van der Waals surface area contributed by atoms with E-state index in [2.05, 4.69) is 4.90 Å². The van der Waals surface area contributed by atoms with E-state index in [4.69, 9.17) is 23.2 Å². The fraction of sp³-hybridized carbons (Fsp3) is 0.600. The first-order chi connectivity index (χ1) is 10.5. The zero-order valence-electron chi connectivity index (χ0n) is 12.3. The highest BCUT2D eigenvalue weighted by atomic mass is 35.5. The number of hydrogen-bond donors (Lipinski definition) is 0. The predicted octanol–water partition coefficient (Wildman–Crippen LogP) is 2.99. The van der Waals surface area contributed by atoms with E-state index in [1.807, 2.05) is 12.1 Å². The molecule has 22 heavy (non-hydrogen) atoms. The Labute approximate surface area is 142 Å². The summed E-state index contributed by atoms with van der Waals surface area (Å²) in [4.78, 5) is 2.26. The maximum absolute atomic E-state index is 12.3. The molecule has 0 radical (unpaired) electrons. The first-order valence-corrected chi connectivity index (χ1v) is 9.88. The Kier molecular flexibility index (Phi) is 5.00. The van der Waals surface area contributed by atoms with Crippen molar-refractivity contribution < 1.29 is 8.42 Å². The fourth-order valence-electron chi connectivity index (χ4n) is 2.83. The summed E-state index contributed by atoms with van der Waals surface area (Å²) in [6.07, 6.45) is 2.50. The number of halogens is 2. The third-order valence-corrected chi connectivity index (χ3v) is 7.25. The Hall–Kier alpha value is -0.330. The van der Waals surface area contributed by atoms with Gasteiger partial charge in [0.2, 0.25) is 10.0 Å². The van der Waals surface area contributed by atoms with Crippen LogP contribution in [0.25, 0.3) is 0 Å². The summed E-state index contributed by atoms with van der Waals surface area (Å²) < 4.78 is 26.3. The van der Waals surface area contributed by atoms with Crippen molar-refractivity contribution in [2.75, 3.05) is 26.2 Å². The molecule has 1 aromatic rings. The van der Waals surface area contributed by atoms with Gasteiger partial charge in [-0.15, -0.1) is 0 Å². The zero-order chi connectivity index (χ0) is 15.7. The average molecular weight is 363 g/mol. The highest BCUT2D eigenvalue weighted by molar-refractivity contribution is 7.90. The Morgan fingerprint density at radius 3 is 2.55 bits per heavy atom. The number of hydrogen-bond acceptors (Lipinski definition) is 3. The van der Waals surface area contributed by atoms with Crippen molar-refractivity contribution in [1.82, 2.24) is 9.21 Å². The van der Waals surface area contributed by atoms with Crippen LogP contribution in [0.2, 0.25) is 10.0 Å². The third-order valence-electron chi connectivity index (χ3n) is 4.26. The van der Waals surface area contributed by atoms with Crippen molar-refractivity contribution in [3.05, 3.63) is 33.8 Å². The molecule has 1 saturated heterocycles. The van der Waals surface area contributed by atoms with Crippen LogP contribution in [0, 0.1) is 0 Å². The van der Waals surface area contributed by atoms with Crippen molar-refractivity contribution in [2.24, 2.45) is 0 Å². The van der Waals surface area contributed by atoms with Gasteiger partial charge in [0.05, 0.1) is 5.25 Å². The zero-order valence-corrected chi connectivity index (χ0v) is 14.7. The van der Waals surface area contributed by atoms with Crippen molar-refractivity contribution in [3.63, 3.8) is 0 Å². The minimum absolute atomic E-state index is 0.121. The van der Waals surface area contributed by atoms with Gasteiger partial charge in [0.15, 0.2) is 0 Å². The molecule has 0 N–H and O–H groups in total. The second-order valence-corrected chi connectivity index (χ2v) is 9.07. The molecule has 0 aromatic heterocycles. The molecule has 0 bridgehead atoms. The van der Waals surface area contributed by atoms with E-state index in [1.54, 1.807) is 10.4 Å². The summed E-state index contributed by atoms with van der Waals surface area (Å²) in [6, 6.07) is 5.53. The highest BCUT2D eigenvalue weighted by Crippen LogP contribution is 2.31. The summed E-state index contributed by atoms with van der Waals surface area (Å²) in [7, 11) is -3.06. The van der Waals surface area contributed by atoms with Gasteiger partial charge in [0, 0.05) is 36.2 Å². The van der Waals surface area contributed by atoms with Gasteiger partial charge in [-0.2, -0.15) is 0 Å². The van der Waals surface area contributed by atoms with Crippen LogP contribution in [0.3, 0.4) is 0 Å². The predicted molar refractivity (Wildman–Crippen MR) is 89.9 cm³/mol. The molecule has 1 aliphatic heterocycles. The largest absolute Gasteiger partial charge is 0.298 e. The molecule has 0 spiro atoms. The monoisotopic (exact) mass is 362 g/mol. The molecule has 0 unspecified atom stereocenters. The van der Waals surface area contributed by atoms with Crippen LogP contribution in [0.1, 0.15) is 24.8 Å². The molecule has 122 valence electrons. The van der Waals surface area contributed by atoms with E-state index >= 15 is 0 Å². The lowest BCUT2D eigenvalue weighted by Crippen LogP contribution is -2.37. The molecule has 0 atom stereocenters. The highest BCUT2D eigenvalue weighted by Gasteiger charge is 2.40. The molecule has 1 aromatic carbocycles. The number of benzene rings is 1. The van der Waals surface area contributed by atoms with Gasteiger partial charge in [0.1, 0.15) is 0 Å². The van der Waals surface area contributed by atoms with E-state index in [1.165, 1.54) is 0 Å². The minimum atomic E-state index is -3.06. The SMILES string of the molecule is O=S(=O)(C1CC1)N1CCCN(Cc2ccc(Cl)cc2Cl)CC1. The molecule has 1 aliphatic carbocycles. The third kappa shape index (κ3) is 3.77. The second kappa shape index (κ2) is 6.65. The van der Waals surface area contributed by atoms with Crippen LogP contribution in [-0.2, 0) is 16.6 Å². The number of nitrogens with zero attached hydrogens (tertiary/aromatic N) is 2. The van der Waals surface area contributed by atoms with E-state index in [9.17, 15) is 8.42 Å². The summed E-state index contributed by atoms with van der Waals surface area (Å²) in [5, 5.41) is 1.18. The standard InChI is InChI=1S/C15H20Cl2N2O2S/c16-13-3-2-12(15(17)10-13)11-18-6-1-7-19(9-8-18)22(20,21)14-4-5-14/h2-3,10,14H,1,4-9,11H2. The molecule has 1 saturated carbocycles. The Morgan fingerprint density at radius 1 is 1.09 bits per heavy atom. The molecule has 4 nitrogen and oxygen atoms in total. The summed E-state index contributed by atoms with van der Waals surface area (Å²) in [5.41, 5.74) is 1.03. The van der Waals surface area contributed by atoms with Gasteiger partial charge in [0.25, 0.3) is 0 Å². The van der Waals surface area contributed by atoms with Crippen molar-refractivity contribution in [3.8, 4) is 0 Å². The number of sulfonamides is 1. The Morgan fingerprint density at radius 2 is 1.86 bits per heavy atom. The van der Waals surface area contributed by atoms with Crippen LogP contribution in [0.4, 0.5) is 0 Å². The van der Waals surface area contributed by atoms with Crippen LogP contribution in [-0.4, -0.2) is 49.1 Å². The van der Waals surface area contributed by atoms with E-state index in [-0.39, 0.29) is 5.25 Å². The maximum Gasteiger partial charge on any atom is 0.217 e. The fourth-order valence-corrected chi connectivity index (χ4v) is 5.17. The van der Waals surface area contributed by atoms with E-state index in [0.717, 1.165) is 44.5 Å². The number of rotatable bonds is 4. The lowest BCUT2D eigenvalue weighted by molar-refractivity contribution is 0.278. The molecule has 3 rings (SSSR count). The molecule has 7 heteroatoms. The lowest BCUT2D eigenvalue weighted by Gasteiger charge is -2.22. The molecule has 1 heterocycles. The van der Waals surface area contributed by atoms with Gasteiger partial charge in [-0.3, -0.25) is 4.90 Å². The molecule has 0 amide bonds. The van der Waals surface area contributed by atoms with Crippen molar-refractivity contribution in [1.29, 1.82) is 0 Å². The van der Waals surface area contributed by atoms with Gasteiger partial charge >= 0.3 is 0 Å². The topological polar surface area (TPSA) is 40.6 Å². The normalized spacial score (nSPS) is 21.7. The first-order valence-electron chi connectivity index (χ1n) is 7.62. The Balaban J connectivity index is 1.63. The van der Waals surface area contributed by atoms with Crippen LogP contribution < -0.4 is 0 Å². The quantitative estimate of drug-likeness (QED) is 0.826. The second-order valence-electron chi connectivity index (χ2n) is 6.01. The lowest BCUT2D eigenvalue weighted by atomic mass is 10.2. The minimum Gasteiger partial charge on any atom is -0.298 e. The summed E-state index contributed by atoms with van der Waals surface area (Å²) in [5.74, 6) is 0. The van der Waals surface area contributed by atoms with Gasteiger partial charge in [-0.05, 0) is 43.5 Å². The van der Waals surface area contributed by atoms with Crippen molar-refractivity contribution in [2.45, 2.75) is 31.1 Å². The summed E-state index contributed by atoms with van der Waals surface area (Å²) in [6.45, 7) is 3.56. The smallest absolute Gasteiger partial charge is 0.217 e. The van der Waals surface area contributed by atoms with Crippen LogP contribution >= 0.6 is 23.2 Å². The molecule has 2 fully saturated rings. The van der Waals surface area contributed by atoms with E-state index in [0.29, 0.717) is 23.1 Å². The first kappa shape index (κ1) is 16.5. The Bertz CT molecular complexity index is 647. The van der Waals surface area contributed by atoms with Crippen LogP contribution in [0.5, 0.6) is 0 Å².